The quantitative estimate of drug-likeness (QED) is 0.493. The average Bonchev–Trinajstić information content (AvgIpc) is 2.54. The van der Waals surface area contributed by atoms with Crippen molar-refractivity contribution >= 4 is 23.3 Å². The van der Waals surface area contributed by atoms with Crippen molar-refractivity contribution in [1.29, 1.82) is 0 Å². The number of hydrogen-bond acceptors (Lipinski definition) is 6. The highest BCUT2D eigenvalue weighted by Crippen LogP contribution is 2.27. The summed E-state index contributed by atoms with van der Waals surface area (Å²) in [6, 6.07) is 9.86. The number of aromatic hydroxyl groups is 1. The third-order valence-electron chi connectivity index (χ3n) is 3.13. The van der Waals surface area contributed by atoms with Crippen molar-refractivity contribution in [3.05, 3.63) is 63.7 Å². The Hall–Kier alpha value is -3.42. The maximum absolute atomic E-state index is 11.9. The molecule has 2 aromatic carbocycles. The maximum Gasteiger partial charge on any atom is 0.338 e. The molecule has 0 aliphatic heterocycles. The highest BCUT2D eigenvalue weighted by atomic mass is 16.6. The number of phenols is 1. The van der Waals surface area contributed by atoms with E-state index >= 15 is 0 Å². The number of hydrogen-bond donors (Lipinski definition) is 2. The lowest BCUT2D eigenvalue weighted by Crippen LogP contribution is -2.22. The lowest BCUT2D eigenvalue weighted by molar-refractivity contribution is -0.384. The monoisotopic (exact) mass is 330 g/mol. The number of esters is 1. The van der Waals surface area contributed by atoms with Gasteiger partial charge in [-0.25, -0.2) is 4.79 Å². The van der Waals surface area contributed by atoms with E-state index in [0.717, 1.165) is 0 Å². The van der Waals surface area contributed by atoms with E-state index in [-0.39, 0.29) is 22.7 Å². The number of phenolic OH excluding ortho intramolecular Hbond substituents is 1. The Bertz CT molecular complexity index is 803. The molecule has 0 fully saturated rings. The van der Waals surface area contributed by atoms with Crippen LogP contribution in [0.1, 0.15) is 15.9 Å². The van der Waals surface area contributed by atoms with E-state index in [4.69, 9.17) is 4.74 Å². The van der Waals surface area contributed by atoms with Gasteiger partial charge in [-0.2, -0.15) is 0 Å². The summed E-state index contributed by atoms with van der Waals surface area (Å²) in [6.45, 7) is 1.00. The van der Waals surface area contributed by atoms with E-state index in [1.807, 2.05) is 0 Å². The van der Waals surface area contributed by atoms with E-state index in [0.29, 0.717) is 5.56 Å². The van der Waals surface area contributed by atoms with Gasteiger partial charge >= 0.3 is 5.97 Å². The number of benzene rings is 2. The standard InChI is InChI=1S/C16H14N2O6/c1-10-4-2-7-13(18(22)23)15(10)17-14(20)9-24-16(21)11-5-3-6-12(19)8-11/h2-8,19H,9H2,1H3,(H,17,20). The second kappa shape index (κ2) is 7.23. The predicted molar refractivity (Wildman–Crippen MR) is 84.9 cm³/mol. The second-order valence-electron chi connectivity index (χ2n) is 4.90. The third-order valence-corrected chi connectivity index (χ3v) is 3.13. The minimum Gasteiger partial charge on any atom is -0.508 e. The minimum absolute atomic E-state index is 0.0564. The Balaban J connectivity index is 2.02. The largest absolute Gasteiger partial charge is 0.508 e. The molecule has 124 valence electrons. The van der Waals surface area contributed by atoms with Crippen LogP contribution in [0.25, 0.3) is 0 Å². The predicted octanol–water partition coefficient (Wildman–Crippen LogP) is 2.40. The van der Waals surface area contributed by atoms with Crippen LogP contribution in [-0.4, -0.2) is 28.5 Å². The van der Waals surface area contributed by atoms with Gasteiger partial charge in [0.15, 0.2) is 6.61 Å². The lowest BCUT2D eigenvalue weighted by Gasteiger charge is -2.09. The van der Waals surface area contributed by atoms with Crippen LogP contribution in [0.15, 0.2) is 42.5 Å². The Kier molecular flexibility index (Phi) is 5.10. The van der Waals surface area contributed by atoms with Crippen molar-refractivity contribution < 1.29 is 24.4 Å². The van der Waals surface area contributed by atoms with Gasteiger partial charge in [-0.05, 0) is 30.7 Å². The molecule has 0 aliphatic carbocycles. The molecular weight excluding hydrogens is 316 g/mol. The molecule has 0 aromatic heterocycles. The van der Waals surface area contributed by atoms with Crippen LogP contribution in [0, 0.1) is 17.0 Å². The minimum atomic E-state index is -0.791. The van der Waals surface area contributed by atoms with Gasteiger partial charge in [0.05, 0.1) is 10.5 Å². The zero-order valence-electron chi connectivity index (χ0n) is 12.7. The van der Waals surface area contributed by atoms with Crippen LogP contribution in [-0.2, 0) is 9.53 Å². The van der Waals surface area contributed by atoms with Gasteiger partial charge in [0, 0.05) is 6.07 Å². The smallest absolute Gasteiger partial charge is 0.338 e. The summed E-state index contributed by atoms with van der Waals surface area (Å²) in [5.74, 6) is -1.61. The molecule has 0 spiro atoms. The Morgan fingerprint density at radius 2 is 1.96 bits per heavy atom. The summed E-state index contributed by atoms with van der Waals surface area (Å²) in [7, 11) is 0. The molecule has 2 rings (SSSR count). The first-order valence-corrected chi connectivity index (χ1v) is 6.88. The molecule has 0 atom stereocenters. The number of anilines is 1. The zero-order valence-corrected chi connectivity index (χ0v) is 12.7. The number of ether oxygens (including phenoxy) is 1. The summed E-state index contributed by atoms with van der Waals surface area (Å²) >= 11 is 0. The van der Waals surface area contributed by atoms with Gasteiger partial charge in [-0.3, -0.25) is 14.9 Å². The molecule has 0 saturated carbocycles. The number of nitrogens with zero attached hydrogens (tertiary/aromatic N) is 1. The van der Waals surface area contributed by atoms with E-state index in [1.54, 1.807) is 13.0 Å². The zero-order chi connectivity index (χ0) is 17.7. The van der Waals surface area contributed by atoms with E-state index in [9.17, 15) is 24.8 Å². The molecule has 24 heavy (non-hydrogen) atoms. The van der Waals surface area contributed by atoms with E-state index < -0.39 is 23.4 Å². The molecule has 2 aromatic rings. The lowest BCUT2D eigenvalue weighted by atomic mass is 10.1. The fourth-order valence-corrected chi connectivity index (χ4v) is 1.99. The van der Waals surface area contributed by atoms with Gasteiger partial charge in [0.25, 0.3) is 11.6 Å². The summed E-state index contributed by atoms with van der Waals surface area (Å²) in [6.07, 6.45) is 0. The molecule has 8 nitrogen and oxygen atoms in total. The number of rotatable bonds is 5. The van der Waals surface area contributed by atoms with Gasteiger partial charge in [-0.1, -0.05) is 18.2 Å². The first-order valence-electron chi connectivity index (χ1n) is 6.88. The van der Waals surface area contributed by atoms with E-state index in [1.165, 1.54) is 36.4 Å². The number of amides is 1. The molecular formula is C16H14N2O6. The molecule has 1 amide bonds. The van der Waals surface area contributed by atoms with Crippen LogP contribution < -0.4 is 5.32 Å². The SMILES string of the molecule is Cc1cccc([N+](=O)[O-])c1NC(=O)COC(=O)c1cccc(O)c1. The average molecular weight is 330 g/mol. The normalized spacial score (nSPS) is 10.0. The fourth-order valence-electron chi connectivity index (χ4n) is 1.99. The number of nitro benzene ring substituents is 1. The fraction of sp³-hybridized carbons (Fsp3) is 0.125. The number of nitrogens with one attached hydrogen (secondary N) is 1. The van der Waals surface area contributed by atoms with Crippen LogP contribution in [0.5, 0.6) is 5.75 Å². The van der Waals surface area contributed by atoms with Crippen LogP contribution >= 0.6 is 0 Å². The first kappa shape index (κ1) is 16.9. The summed E-state index contributed by atoms with van der Waals surface area (Å²) in [4.78, 5) is 34.0. The molecule has 0 radical (unpaired) electrons. The molecule has 0 unspecified atom stereocenters. The van der Waals surface area contributed by atoms with E-state index in [2.05, 4.69) is 5.32 Å². The van der Waals surface area contributed by atoms with Crippen molar-refractivity contribution in [2.75, 3.05) is 11.9 Å². The Labute approximate surface area is 136 Å². The van der Waals surface area contributed by atoms with Crippen LogP contribution in [0.2, 0.25) is 0 Å². The molecule has 0 heterocycles. The highest BCUT2D eigenvalue weighted by Gasteiger charge is 2.18. The van der Waals surface area contributed by atoms with Crippen molar-refractivity contribution in [1.82, 2.24) is 0 Å². The van der Waals surface area contributed by atoms with Crippen molar-refractivity contribution in [2.24, 2.45) is 0 Å². The van der Waals surface area contributed by atoms with Crippen molar-refractivity contribution in [2.45, 2.75) is 6.92 Å². The molecule has 0 saturated heterocycles. The van der Waals surface area contributed by atoms with Gasteiger partial charge in [-0.15, -0.1) is 0 Å². The molecule has 0 bridgehead atoms. The molecule has 8 heteroatoms. The Morgan fingerprint density at radius 3 is 2.62 bits per heavy atom. The summed E-state index contributed by atoms with van der Waals surface area (Å²) in [5.41, 5.74) is 0.407. The van der Waals surface area contributed by atoms with Crippen LogP contribution in [0.3, 0.4) is 0 Å². The highest BCUT2D eigenvalue weighted by molar-refractivity contribution is 5.97. The van der Waals surface area contributed by atoms with Crippen molar-refractivity contribution in [3.63, 3.8) is 0 Å². The number of carbonyl (C=O) groups excluding carboxylic acids is 2. The number of nitro groups is 1. The van der Waals surface area contributed by atoms with Crippen LogP contribution in [0.4, 0.5) is 11.4 Å². The van der Waals surface area contributed by atoms with Gasteiger partial charge < -0.3 is 15.2 Å². The molecule has 0 aliphatic rings. The molecule has 2 N–H and O–H groups in total. The first-order chi connectivity index (χ1) is 11.4. The maximum atomic E-state index is 11.9. The van der Waals surface area contributed by atoms with Crippen molar-refractivity contribution in [3.8, 4) is 5.75 Å². The second-order valence-corrected chi connectivity index (χ2v) is 4.90. The third kappa shape index (κ3) is 4.07. The number of para-hydroxylation sites is 1. The summed E-state index contributed by atoms with van der Waals surface area (Å²) in [5, 5.41) is 22.7. The number of aryl methyl sites for hydroxylation is 1. The Morgan fingerprint density at radius 1 is 1.25 bits per heavy atom. The van der Waals surface area contributed by atoms with Gasteiger partial charge in [0.1, 0.15) is 11.4 Å². The summed E-state index contributed by atoms with van der Waals surface area (Å²) < 4.78 is 4.83. The van der Waals surface area contributed by atoms with Gasteiger partial charge in [0.2, 0.25) is 0 Å². The topological polar surface area (TPSA) is 119 Å². The number of carbonyl (C=O) groups is 2.